The van der Waals surface area contributed by atoms with Crippen LogP contribution >= 0.6 is 0 Å². The van der Waals surface area contributed by atoms with Crippen LogP contribution in [0, 0.1) is 12.3 Å². The number of aryl methyl sites for hydroxylation is 1. The number of nitrogens with one attached hydrogen (secondary N) is 1. The van der Waals surface area contributed by atoms with E-state index in [4.69, 9.17) is 0 Å². The van der Waals surface area contributed by atoms with Crippen molar-refractivity contribution < 1.29 is 5.11 Å². The van der Waals surface area contributed by atoms with Gasteiger partial charge in [-0.3, -0.25) is 0 Å². The highest BCUT2D eigenvalue weighted by Gasteiger charge is 2.38. The summed E-state index contributed by atoms with van der Waals surface area (Å²) in [4.78, 5) is 0. The first-order valence-corrected chi connectivity index (χ1v) is 7.11. The second-order valence-corrected chi connectivity index (χ2v) is 6.44. The zero-order chi connectivity index (χ0) is 14.3. The summed E-state index contributed by atoms with van der Waals surface area (Å²) in [5.41, 5.74) is 4.85. The summed E-state index contributed by atoms with van der Waals surface area (Å²) in [6.07, 6.45) is 1.08. The molecule has 2 nitrogen and oxygen atoms in total. The Labute approximate surface area is 120 Å². The molecule has 0 bridgehead atoms. The summed E-state index contributed by atoms with van der Waals surface area (Å²) in [5, 5.41) is 13.5. The Morgan fingerprint density at radius 1 is 1.15 bits per heavy atom. The molecular weight excluding hydrogens is 246 g/mol. The number of hydrogen-bond donors (Lipinski definition) is 2. The van der Waals surface area contributed by atoms with E-state index in [-0.39, 0.29) is 11.5 Å². The minimum atomic E-state index is 0.171. The van der Waals surface area contributed by atoms with Crippen LogP contribution in [0.15, 0.2) is 42.5 Å². The topological polar surface area (TPSA) is 32.3 Å². The maximum Gasteiger partial charge on any atom is 0.120 e. The van der Waals surface area contributed by atoms with Gasteiger partial charge in [-0.1, -0.05) is 44.2 Å². The van der Waals surface area contributed by atoms with Crippen LogP contribution < -0.4 is 5.32 Å². The molecular formula is C18H21NO. The van der Waals surface area contributed by atoms with Gasteiger partial charge < -0.3 is 10.4 Å². The summed E-state index contributed by atoms with van der Waals surface area (Å²) in [6.45, 7) is 6.49. The third kappa shape index (κ3) is 2.15. The Morgan fingerprint density at radius 2 is 1.90 bits per heavy atom. The molecule has 1 unspecified atom stereocenters. The largest absolute Gasteiger partial charge is 0.508 e. The second kappa shape index (κ2) is 4.55. The lowest BCUT2D eigenvalue weighted by Gasteiger charge is -2.29. The fourth-order valence-corrected chi connectivity index (χ4v) is 3.13. The molecule has 1 atom stereocenters. The first-order valence-electron chi connectivity index (χ1n) is 7.11. The Kier molecular flexibility index (Phi) is 2.97. The number of hydrogen-bond acceptors (Lipinski definition) is 2. The quantitative estimate of drug-likeness (QED) is 0.843. The highest BCUT2D eigenvalue weighted by Crippen LogP contribution is 2.46. The molecule has 2 N–H and O–H groups in total. The smallest absolute Gasteiger partial charge is 0.120 e. The van der Waals surface area contributed by atoms with E-state index >= 15 is 0 Å². The van der Waals surface area contributed by atoms with Crippen LogP contribution in [-0.2, 0) is 6.42 Å². The molecule has 0 heterocycles. The van der Waals surface area contributed by atoms with Crippen molar-refractivity contribution in [3.8, 4) is 5.75 Å². The highest BCUT2D eigenvalue weighted by molar-refractivity contribution is 5.54. The van der Waals surface area contributed by atoms with Crippen molar-refractivity contribution in [2.24, 2.45) is 5.41 Å². The van der Waals surface area contributed by atoms with Crippen molar-refractivity contribution in [2.45, 2.75) is 33.2 Å². The van der Waals surface area contributed by atoms with Crippen molar-refractivity contribution in [1.82, 2.24) is 0 Å². The van der Waals surface area contributed by atoms with Crippen molar-refractivity contribution in [1.29, 1.82) is 0 Å². The molecule has 0 fully saturated rings. The molecule has 104 valence electrons. The van der Waals surface area contributed by atoms with E-state index in [2.05, 4.69) is 43.4 Å². The summed E-state index contributed by atoms with van der Waals surface area (Å²) < 4.78 is 0. The van der Waals surface area contributed by atoms with Crippen LogP contribution in [0.25, 0.3) is 0 Å². The number of aromatic hydroxyl groups is 1. The van der Waals surface area contributed by atoms with Gasteiger partial charge in [0.25, 0.3) is 0 Å². The van der Waals surface area contributed by atoms with Gasteiger partial charge in [-0.2, -0.15) is 0 Å². The Hall–Kier alpha value is -1.96. The maximum absolute atomic E-state index is 9.86. The molecule has 2 heteroatoms. The summed E-state index contributed by atoms with van der Waals surface area (Å²) >= 11 is 0. The molecule has 0 amide bonds. The van der Waals surface area contributed by atoms with Gasteiger partial charge in [0.1, 0.15) is 5.75 Å². The van der Waals surface area contributed by atoms with Gasteiger partial charge in [0.15, 0.2) is 0 Å². The second-order valence-electron chi connectivity index (χ2n) is 6.44. The van der Waals surface area contributed by atoms with E-state index in [1.165, 1.54) is 11.1 Å². The Bertz CT molecular complexity index is 646. The molecule has 0 saturated heterocycles. The molecule has 2 aromatic carbocycles. The Balaban J connectivity index is 1.94. The molecule has 3 rings (SSSR count). The lowest BCUT2D eigenvalue weighted by molar-refractivity contribution is 0.337. The molecule has 20 heavy (non-hydrogen) atoms. The van der Waals surface area contributed by atoms with Gasteiger partial charge >= 0.3 is 0 Å². The molecule has 0 aromatic heterocycles. The average Bonchev–Trinajstić information content (AvgIpc) is 2.65. The van der Waals surface area contributed by atoms with Crippen molar-refractivity contribution in [3.05, 3.63) is 59.2 Å². The Morgan fingerprint density at radius 3 is 2.65 bits per heavy atom. The molecule has 1 aliphatic rings. The van der Waals surface area contributed by atoms with Gasteiger partial charge in [0.05, 0.1) is 6.04 Å². The van der Waals surface area contributed by atoms with Crippen LogP contribution in [0.3, 0.4) is 0 Å². The van der Waals surface area contributed by atoms with Crippen LogP contribution in [0.5, 0.6) is 5.75 Å². The molecule has 0 aliphatic heterocycles. The van der Waals surface area contributed by atoms with E-state index in [1.54, 1.807) is 0 Å². The van der Waals surface area contributed by atoms with Crippen LogP contribution in [-0.4, -0.2) is 5.11 Å². The first kappa shape index (κ1) is 13.0. The van der Waals surface area contributed by atoms with Gasteiger partial charge in [0, 0.05) is 11.8 Å². The molecule has 0 saturated carbocycles. The van der Waals surface area contributed by atoms with Crippen molar-refractivity contribution >= 4 is 5.69 Å². The first-order chi connectivity index (χ1) is 9.47. The van der Waals surface area contributed by atoms with E-state index in [0.717, 1.165) is 17.7 Å². The minimum absolute atomic E-state index is 0.171. The number of benzene rings is 2. The molecule has 1 aliphatic carbocycles. The number of rotatable bonds is 2. The standard InChI is InChI=1S/C18H21NO/c1-12-8-9-14(10-16(12)20)19-17-15-7-5-4-6-13(15)11-18(17,2)3/h4-10,17,19-20H,11H2,1-3H3. The van der Waals surface area contributed by atoms with Gasteiger partial charge in [-0.15, -0.1) is 0 Å². The maximum atomic E-state index is 9.86. The lowest BCUT2D eigenvalue weighted by atomic mass is 9.85. The van der Waals surface area contributed by atoms with E-state index in [0.29, 0.717) is 5.75 Å². The molecule has 2 aromatic rings. The lowest BCUT2D eigenvalue weighted by Crippen LogP contribution is -2.24. The van der Waals surface area contributed by atoms with Crippen molar-refractivity contribution in [2.75, 3.05) is 5.32 Å². The fraction of sp³-hybridized carbons (Fsp3) is 0.333. The number of fused-ring (bicyclic) bond motifs is 1. The van der Waals surface area contributed by atoms with Crippen molar-refractivity contribution in [3.63, 3.8) is 0 Å². The van der Waals surface area contributed by atoms with Crippen LogP contribution in [0.4, 0.5) is 5.69 Å². The summed E-state index contributed by atoms with van der Waals surface area (Å²) in [5.74, 6) is 0.346. The third-order valence-electron chi connectivity index (χ3n) is 4.31. The normalized spacial score (nSPS) is 19.6. The predicted molar refractivity (Wildman–Crippen MR) is 83.1 cm³/mol. The number of phenolic OH excluding ortho intramolecular Hbond substituents is 1. The molecule has 0 radical (unpaired) electrons. The van der Waals surface area contributed by atoms with Crippen LogP contribution in [0.2, 0.25) is 0 Å². The van der Waals surface area contributed by atoms with Crippen LogP contribution in [0.1, 0.15) is 36.6 Å². The zero-order valence-electron chi connectivity index (χ0n) is 12.3. The predicted octanol–water partition coefficient (Wildman–Crippen LogP) is 4.44. The highest BCUT2D eigenvalue weighted by atomic mass is 16.3. The fourth-order valence-electron chi connectivity index (χ4n) is 3.13. The molecule has 0 spiro atoms. The van der Waals surface area contributed by atoms with E-state index in [9.17, 15) is 5.11 Å². The monoisotopic (exact) mass is 267 g/mol. The third-order valence-corrected chi connectivity index (χ3v) is 4.31. The SMILES string of the molecule is Cc1ccc(NC2c3ccccc3CC2(C)C)cc1O. The van der Waals surface area contributed by atoms with Gasteiger partial charge in [-0.05, 0) is 41.5 Å². The van der Waals surface area contributed by atoms with Gasteiger partial charge in [0.2, 0.25) is 0 Å². The minimum Gasteiger partial charge on any atom is -0.508 e. The number of anilines is 1. The summed E-state index contributed by atoms with van der Waals surface area (Å²) in [6, 6.07) is 14.7. The van der Waals surface area contributed by atoms with Gasteiger partial charge in [-0.25, -0.2) is 0 Å². The average molecular weight is 267 g/mol. The zero-order valence-corrected chi connectivity index (χ0v) is 12.3. The van der Waals surface area contributed by atoms with E-state index in [1.807, 2.05) is 25.1 Å². The summed E-state index contributed by atoms with van der Waals surface area (Å²) in [7, 11) is 0. The number of phenols is 1. The van der Waals surface area contributed by atoms with E-state index < -0.39 is 0 Å².